The molecule has 1 aliphatic rings. The quantitative estimate of drug-likeness (QED) is 0.733. The first kappa shape index (κ1) is 21.4. The predicted octanol–water partition coefficient (Wildman–Crippen LogP) is 2.20. The molecule has 0 aromatic heterocycles. The van der Waals surface area contributed by atoms with Crippen LogP contribution in [0.4, 0.5) is 0 Å². The Hall–Kier alpha value is -1.88. The monoisotopic (exact) mass is 374 g/mol. The lowest BCUT2D eigenvalue weighted by Crippen LogP contribution is -2.88. The topological polar surface area (TPSA) is 66.0 Å². The molecule has 5 nitrogen and oxygen atoms in total. The molecule has 0 unspecified atom stereocenters. The van der Waals surface area contributed by atoms with Crippen molar-refractivity contribution >= 4 is 11.8 Å². The summed E-state index contributed by atoms with van der Waals surface area (Å²) in [5, 5.41) is 4.78. The van der Waals surface area contributed by atoms with Gasteiger partial charge in [0.05, 0.1) is 6.54 Å². The lowest BCUT2D eigenvalue weighted by Gasteiger charge is -2.23. The summed E-state index contributed by atoms with van der Waals surface area (Å²) >= 11 is 0. The summed E-state index contributed by atoms with van der Waals surface area (Å²) < 4.78 is 0. The first-order valence-corrected chi connectivity index (χ1v) is 10.3. The van der Waals surface area contributed by atoms with Crippen molar-refractivity contribution in [1.29, 1.82) is 0 Å². The Kier molecular flexibility index (Phi) is 8.29. The average molecular weight is 375 g/mol. The summed E-state index contributed by atoms with van der Waals surface area (Å²) in [6, 6.07) is 9.27. The van der Waals surface area contributed by atoms with Gasteiger partial charge in [-0.15, -0.1) is 0 Å². The molecule has 0 spiro atoms. The Balaban J connectivity index is 1.90. The lowest BCUT2D eigenvalue weighted by molar-refractivity contribution is -0.692. The van der Waals surface area contributed by atoms with Crippen molar-refractivity contribution in [3.63, 3.8) is 0 Å². The molecule has 2 rings (SSSR count). The van der Waals surface area contributed by atoms with E-state index in [4.69, 9.17) is 0 Å². The third-order valence-corrected chi connectivity index (χ3v) is 5.61. The zero-order valence-electron chi connectivity index (χ0n) is 17.3. The summed E-state index contributed by atoms with van der Waals surface area (Å²) in [7, 11) is 3.37. The van der Waals surface area contributed by atoms with Crippen LogP contribution in [0, 0.1) is 5.92 Å². The van der Waals surface area contributed by atoms with E-state index in [0.717, 1.165) is 0 Å². The van der Waals surface area contributed by atoms with Gasteiger partial charge in [0, 0.05) is 25.6 Å². The molecule has 0 aliphatic heterocycles. The molecule has 1 aromatic carbocycles. The molecular weight excluding hydrogens is 338 g/mol. The van der Waals surface area contributed by atoms with Crippen LogP contribution in [0.1, 0.15) is 69.0 Å². The number of benzene rings is 1. The van der Waals surface area contributed by atoms with Gasteiger partial charge in [0.1, 0.15) is 6.04 Å². The van der Waals surface area contributed by atoms with Gasteiger partial charge in [-0.1, -0.05) is 57.4 Å². The maximum absolute atomic E-state index is 12.1. The van der Waals surface area contributed by atoms with Gasteiger partial charge >= 0.3 is 0 Å². The number of carbonyl (C=O) groups is 2. The smallest absolute Gasteiger partial charge is 0.275 e. The molecule has 27 heavy (non-hydrogen) atoms. The fraction of sp³-hybridized carbons (Fsp3) is 0.636. The van der Waals surface area contributed by atoms with Gasteiger partial charge < -0.3 is 15.5 Å². The molecular formula is C22H36N3O2+. The highest BCUT2D eigenvalue weighted by molar-refractivity contribution is 5.84. The SMILES string of the molecule is CC(C)[C@@H]([NH2+]CC(=O)NCC(=O)N(C)C)c1ccc(C2CCCCC2)cc1. The fourth-order valence-electron chi connectivity index (χ4n) is 3.86. The molecule has 2 amide bonds. The molecule has 3 N–H and O–H groups in total. The molecule has 1 atom stereocenters. The molecule has 5 heteroatoms. The average Bonchev–Trinajstić information content (AvgIpc) is 2.67. The van der Waals surface area contributed by atoms with Crippen molar-refractivity contribution in [3.05, 3.63) is 35.4 Å². The molecule has 0 bridgehead atoms. The number of hydrogen-bond acceptors (Lipinski definition) is 2. The maximum Gasteiger partial charge on any atom is 0.275 e. The molecule has 1 saturated carbocycles. The second-order valence-corrected chi connectivity index (χ2v) is 8.28. The highest BCUT2D eigenvalue weighted by Gasteiger charge is 2.22. The number of amides is 2. The van der Waals surface area contributed by atoms with Gasteiger partial charge in [0.2, 0.25) is 5.91 Å². The summed E-state index contributed by atoms with van der Waals surface area (Å²) in [6.45, 7) is 4.75. The van der Waals surface area contributed by atoms with Gasteiger partial charge in [0.15, 0.2) is 6.54 Å². The molecule has 1 fully saturated rings. The van der Waals surface area contributed by atoms with Crippen LogP contribution in [0.2, 0.25) is 0 Å². The molecule has 0 saturated heterocycles. The minimum Gasteiger partial charge on any atom is -0.347 e. The van der Waals surface area contributed by atoms with Gasteiger partial charge in [-0.05, 0) is 24.3 Å². The van der Waals surface area contributed by atoms with Gasteiger partial charge in [-0.3, -0.25) is 9.59 Å². The van der Waals surface area contributed by atoms with Crippen molar-refractivity contribution in [2.24, 2.45) is 5.92 Å². The maximum atomic E-state index is 12.1. The van der Waals surface area contributed by atoms with E-state index in [9.17, 15) is 9.59 Å². The van der Waals surface area contributed by atoms with Crippen molar-refractivity contribution < 1.29 is 14.9 Å². The number of rotatable bonds is 8. The Morgan fingerprint density at radius 2 is 1.74 bits per heavy atom. The van der Waals surface area contributed by atoms with Crippen LogP contribution in [0.3, 0.4) is 0 Å². The van der Waals surface area contributed by atoms with Gasteiger partial charge in [-0.25, -0.2) is 0 Å². The van der Waals surface area contributed by atoms with Crippen LogP contribution < -0.4 is 10.6 Å². The number of likely N-dealkylation sites (N-methyl/N-ethyl adjacent to an activating group) is 1. The largest absolute Gasteiger partial charge is 0.347 e. The molecule has 1 aliphatic carbocycles. The number of nitrogens with one attached hydrogen (secondary N) is 1. The summed E-state index contributed by atoms with van der Waals surface area (Å²) in [6.07, 6.45) is 6.69. The normalized spacial score (nSPS) is 16.2. The standard InChI is InChI=1S/C22H35N3O2/c1-16(2)22(24-14-20(26)23-15-21(27)25(3)4)19-12-10-18(11-13-19)17-8-6-5-7-9-17/h10-13,16-17,22,24H,5-9,14-15H2,1-4H3,(H,23,26)/p+1/t22-/m1/s1. The van der Waals surface area contributed by atoms with E-state index in [1.165, 1.54) is 48.1 Å². The van der Waals surface area contributed by atoms with E-state index in [0.29, 0.717) is 18.4 Å². The van der Waals surface area contributed by atoms with E-state index < -0.39 is 0 Å². The molecule has 150 valence electrons. The molecule has 1 aromatic rings. The molecule has 0 radical (unpaired) electrons. The fourth-order valence-corrected chi connectivity index (χ4v) is 3.86. The highest BCUT2D eigenvalue weighted by atomic mass is 16.2. The van der Waals surface area contributed by atoms with Crippen molar-refractivity contribution in [3.8, 4) is 0 Å². The lowest BCUT2D eigenvalue weighted by atomic mass is 9.83. The second-order valence-electron chi connectivity index (χ2n) is 8.28. The number of nitrogens with two attached hydrogens (primary N) is 1. The zero-order chi connectivity index (χ0) is 19.8. The summed E-state index contributed by atoms with van der Waals surface area (Å²) in [5.41, 5.74) is 2.72. The van der Waals surface area contributed by atoms with Crippen molar-refractivity contribution in [2.75, 3.05) is 27.2 Å². The number of quaternary nitrogens is 1. The Labute approximate surface area is 163 Å². The third kappa shape index (κ3) is 6.65. The van der Waals surface area contributed by atoms with E-state index >= 15 is 0 Å². The Morgan fingerprint density at radius 3 is 2.30 bits per heavy atom. The Morgan fingerprint density at radius 1 is 1.11 bits per heavy atom. The minimum atomic E-state index is -0.102. The van der Waals surface area contributed by atoms with Crippen LogP contribution in [0.15, 0.2) is 24.3 Å². The summed E-state index contributed by atoms with van der Waals surface area (Å²) in [4.78, 5) is 25.1. The van der Waals surface area contributed by atoms with Crippen LogP contribution in [0.5, 0.6) is 0 Å². The number of carbonyl (C=O) groups excluding carboxylic acids is 2. The van der Waals surface area contributed by atoms with Gasteiger partial charge in [-0.2, -0.15) is 0 Å². The van der Waals surface area contributed by atoms with Gasteiger partial charge in [0.25, 0.3) is 5.91 Å². The second kappa shape index (κ2) is 10.5. The van der Waals surface area contributed by atoms with E-state index in [-0.39, 0.29) is 24.4 Å². The zero-order valence-corrected chi connectivity index (χ0v) is 17.3. The van der Waals surface area contributed by atoms with Crippen LogP contribution in [0.25, 0.3) is 0 Å². The molecule has 0 heterocycles. The minimum absolute atomic E-state index is 0.0576. The van der Waals surface area contributed by atoms with E-state index in [1.54, 1.807) is 14.1 Å². The number of nitrogens with zero attached hydrogens (tertiary/aromatic N) is 1. The van der Waals surface area contributed by atoms with Crippen LogP contribution in [-0.4, -0.2) is 43.9 Å². The third-order valence-electron chi connectivity index (χ3n) is 5.61. The van der Waals surface area contributed by atoms with E-state index in [2.05, 4.69) is 48.7 Å². The van der Waals surface area contributed by atoms with Crippen LogP contribution in [-0.2, 0) is 9.59 Å². The van der Waals surface area contributed by atoms with Crippen molar-refractivity contribution in [2.45, 2.75) is 57.9 Å². The number of hydrogen-bond donors (Lipinski definition) is 2. The Bertz CT molecular complexity index is 604. The van der Waals surface area contributed by atoms with Crippen molar-refractivity contribution in [1.82, 2.24) is 10.2 Å². The first-order chi connectivity index (χ1) is 12.9. The predicted molar refractivity (Wildman–Crippen MR) is 108 cm³/mol. The first-order valence-electron chi connectivity index (χ1n) is 10.3. The van der Waals surface area contributed by atoms with Crippen LogP contribution >= 0.6 is 0 Å². The summed E-state index contributed by atoms with van der Waals surface area (Å²) in [5.74, 6) is 0.938. The highest BCUT2D eigenvalue weighted by Crippen LogP contribution is 2.33. The van der Waals surface area contributed by atoms with E-state index in [1.807, 2.05) is 0 Å².